The Labute approximate surface area is 229 Å². The Morgan fingerprint density at radius 3 is 2.62 bits per heavy atom. The molecule has 9 heteroatoms. The van der Waals surface area contributed by atoms with E-state index < -0.39 is 12.1 Å². The van der Waals surface area contributed by atoms with E-state index >= 15 is 0 Å². The Balaban J connectivity index is 1.45. The van der Waals surface area contributed by atoms with Gasteiger partial charge in [0.15, 0.2) is 0 Å². The summed E-state index contributed by atoms with van der Waals surface area (Å²) < 4.78 is 0. The number of carbonyl (C=O) groups is 3. The molecule has 3 N–H and O–H groups in total. The maximum absolute atomic E-state index is 13.0. The molecule has 1 aliphatic heterocycles. The van der Waals surface area contributed by atoms with Crippen molar-refractivity contribution in [3.05, 3.63) is 72.3 Å². The number of nitrogens with zero attached hydrogens (tertiary/aromatic N) is 1. The maximum atomic E-state index is 13.0. The number of rotatable bonds is 10. The molecule has 0 fully saturated rings. The average molecular weight is 582 g/mol. The molecule has 1 aliphatic rings. The van der Waals surface area contributed by atoms with Gasteiger partial charge in [-0.2, -0.15) is 0 Å². The molecule has 37 heavy (non-hydrogen) atoms. The number of hydrogen-bond donors (Lipinski definition) is 3. The van der Waals surface area contributed by atoms with Gasteiger partial charge in [-0.3, -0.25) is 4.79 Å². The van der Waals surface area contributed by atoms with Gasteiger partial charge < -0.3 is 0 Å². The van der Waals surface area contributed by atoms with E-state index in [1.54, 1.807) is 16.7 Å². The number of hydrogen-bond acceptors (Lipinski definition) is 5. The second kappa shape index (κ2) is 13.1. The Bertz CT molecular complexity index is 1270. The third-order valence-electron chi connectivity index (χ3n) is 6.28. The molecular formula is C28H32AsN3O4S. The molecule has 2 unspecified atom stereocenters. The number of aliphatic hydroxyl groups is 1. The zero-order valence-corrected chi connectivity index (χ0v) is 23.8. The number of para-hydroxylation sites is 1. The molecule has 7 nitrogen and oxygen atoms in total. The third-order valence-corrected chi connectivity index (χ3v) is 8.49. The molecular weight excluding hydrogens is 549 g/mol. The molecule has 0 bridgehead atoms. The number of anilines is 1. The predicted octanol–water partition coefficient (Wildman–Crippen LogP) is 2.31. The molecule has 0 saturated carbocycles. The number of thioether (sulfide) groups is 1. The number of fused-ring (bicyclic) bond motifs is 2. The van der Waals surface area contributed by atoms with Crippen molar-refractivity contribution in [1.29, 1.82) is 0 Å². The summed E-state index contributed by atoms with van der Waals surface area (Å²) in [5.41, 5.74) is 1.75. The van der Waals surface area contributed by atoms with Gasteiger partial charge in [0, 0.05) is 17.1 Å². The van der Waals surface area contributed by atoms with Crippen LogP contribution in [0.1, 0.15) is 18.4 Å². The fourth-order valence-corrected chi connectivity index (χ4v) is 5.63. The molecule has 3 atom stereocenters. The standard InChI is InChI=1S/C28H32AsN3O4S/c29-17-22(33)18-30-28(36)23(16-19-9-10-20-5-1-2-6-21(20)15-19)31-26(34)11-13-32-24-7-3-4-8-25(24)37-14-12-27(32)35/h1-10,15,22-23,33H,11-14,16-18,29H2,(H,30,36)(H,31,34)/t22?,23-/m1/s1. The Kier molecular flexibility index (Phi) is 9.67. The van der Waals surface area contributed by atoms with E-state index in [0.29, 0.717) is 23.8 Å². The first-order chi connectivity index (χ1) is 17.9. The van der Waals surface area contributed by atoms with Gasteiger partial charge in [-0.05, 0) is 12.1 Å². The van der Waals surface area contributed by atoms with Crippen molar-refractivity contribution in [1.82, 2.24) is 10.6 Å². The first-order valence-corrected chi connectivity index (χ1v) is 15.1. The van der Waals surface area contributed by atoms with Gasteiger partial charge in [-0.15, -0.1) is 11.8 Å². The van der Waals surface area contributed by atoms with Gasteiger partial charge in [0.25, 0.3) is 0 Å². The predicted molar refractivity (Wildman–Crippen MR) is 151 cm³/mol. The van der Waals surface area contributed by atoms with E-state index in [1.165, 1.54) is 16.9 Å². The van der Waals surface area contributed by atoms with Crippen molar-refractivity contribution in [2.24, 2.45) is 0 Å². The van der Waals surface area contributed by atoms with Gasteiger partial charge in [-0.1, -0.05) is 18.2 Å². The third kappa shape index (κ3) is 7.37. The minimum absolute atomic E-state index is 0.00847. The summed E-state index contributed by atoms with van der Waals surface area (Å²) in [6, 6.07) is 20.9. The van der Waals surface area contributed by atoms with Crippen molar-refractivity contribution in [2.45, 2.75) is 41.5 Å². The van der Waals surface area contributed by atoms with Crippen LogP contribution in [0.3, 0.4) is 0 Å². The molecule has 1 heterocycles. The van der Waals surface area contributed by atoms with Crippen molar-refractivity contribution in [3.63, 3.8) is 0 Å². The number of amides is 3. The summed E-state index contributed by atoms with van der Waals surface area (Å²) in [5.74, 6) is 0.0551. The molecule has 194 valence electrons. The van der Waals surface area contributed by atoms with Crippen LogP contribution in [-0.2, 0) is 20.8 Å². The van der Waals surface area contributed by atoms with E-state index in [-0.39, 0.29) is 37.2 Å². The van der Waals surface area contributed by atoms with Crippen LogP contribution in [0.25, 0.3) is 10.8 Å². The summed E-state index contributed by atoms with van der Waals surface area (Å²) in [6.07, 6.45) is 0.186. The summed E-state index contributed by atoms with van der Waals surface area (Å²) in [4.78, 5) is 41.5. The van der Waals surface area contributed by atoms with E-state index in [1.807, 2.05) is 66.7 Å². The van der Waals surface area contributed by atoms with E-state index in [4.69, 9.17) is 0 Å². The van der Waals surface area contributed by atoms with Crippen LogP contribution in [0.15, 0.2) is 71.6 Å². The normalized spacial score (nSPS) is 15.0. The van der Waals surface area contributed by atoms with Gasteiger partial charge in [0.05, 0.1) is 0 Å². The van der Waals surface area contributed by atoms with Crippen LogP contribution in [0.5, 0.6) is 0 Å². The zero-order chi connectivity index (χ0) is 26.2. The van der Waals surface area contributed by atoms with Crippen LogP contribution in [0.4, 0.5) is 5.69 Å². The number of benzene rings is 3. The summed E-state index contributed by atoms with van der Waals surface area (Å²) >= 11 is 3.03. The first kappa shape index (κ1) is 27.2. The van der Waals surface area contributed by atoms with Crippen molar-refractivity contribution >= 4 is 62.8 Å². The number of nitrogens with one attached hydrogen (secondary N) is 2. The quantitative estimate of drug-likeness (QED) is 0.320. The Hall–Kier alpha value is -2.80. The fourth-order valence-electron chi connectivity index (χ4n) is 4.28. The number of carbonyl (C=O) groups excluding carboxylic acids is 3. The van der Waals surface area contributed by atoms with Gasteiger partial charge in [-0.25, -0.2) is 0 Å². The summed E-state index contributed by atoms with van der Waals surface area (Å²) in [7, 11) is 0. The van der Waals surface area contributed by atoms with Crippen LogP contribution in [-0.4, -0.2) is 70.7 Å². The van der Waals surface area contributed by atoms with E-state index in [0.717, 1.165) is 26.9 Å². The molecule has 3 aromatic carbocycles. The topological polar surface area (TPSA) is 98.7 Å². The molecule has 0 spiro atoms. The van der Waals surface area contributed by atoms with E-state index in [9.17, 15) is 19.5 Å². The van der Waals surface area contributed by atoms with Crippen molar-refractivity contribution < 1.29 is 19.5 Å². The monoisotopic (exact) mass is 581 g/mol. The Morgan fingerprint density at radius 2 is 1.81 bits per heavy atom. The van der Waals surface area contributed by atoms with Crippen LogP contribution < -0.4 is 15.5 Å². The van der Waals surface area contributed by atoms with Crippen LogP contribution in [0, 0.1) is 0 Å². The van der Waals surface area contributed by atoms with Crippen LogP contribution in [0.2, 0.25) is 5.21 Å². The molecule has 0 radical (unpaired) electrons. The Morgan fingerprint density at radius 1 is 1.05 bits per heavy atom. The minimum atomic E-state index is -0.800. The second-order valence-electron chi connectivity index (χ2n) is 9.00. The average Bonchev–Trinajstić information content (AvgIpc) is 3.07. The molecule has 3 aromatic rings. The summed E-state index contributed by atoms with van der Waals surface area (Å²) in [6.45, 7) is 0.376. The molecule has 0 aromatic heterocycles. The molecule has 0 aliphatic carbocycles. The molecule has 4 rings (SSSR count). The van der Waals surface area contributed by atoms with E-state index in [2.05, 4.69) is 10.6 Å². The number of aliphatic hydroxyl groups excluding tert-OH is 1. The SMILES string of the molecule is O=C(CCN1C(=O)CCSc2ccccc21)N[C@H](Cc1ccc2ccccc2c1)C(=O)NCC(O)C[AsH2]. The molecule has 0 saturated heterocycles. The summed E-state index contributed by atoms with van der Waals surface area (Å²) in [5, 5.41) is 18.3. The first-order valence-electron chi connectivity index (χ1n) is 12.4. The second-order valence-corrected chi connectivity index (χ2v) is 11.1. The van der Waals surface area contributed by atoms with Gasteiger partial charge in [0.1, 0.15) is 0 Å². The van der Waals surface area contributed by atoms with Gasteiger partial charge >= 0.3 is 167 Å². The molecule has 3 amide bonds. The fraction of sp³-hybridized carbons (Fsp3) is 0.321. The zero-order valence-electron chi connectivity index (χ0n) is 20.6. The van der Waals surface area contributed by atoms with Gasteiger partial charge in [0.2, 0.25) is 0 Å². The van der Waals surface area contributed by atoms with Crippen LogP contribution >= 0.6 is 11.8 Å². The van der Waals surface area contributed by atoms with Crippen molar-refractivity contribution in [3.8, 4) is 0 Å². The van der Waals surface area contributed by atoms with Crippen molar-refractivity contribution in [2.75, 3.05) is 23.7 Å².